The summed E-state index contributed by atoms with van der Waals surface area (Å²) >= 11 is 0. The Balaban J connectivity index is 1.31. The average Bonchev–Trinajstić information content (AvgIpc) is 3.67. The molecule has 0 N–H and O–H groups in total. The molecule has 5 nitrogen and oxygen atoms in total. The molecule has 0 bridgehead atoms. The van der Waals surface area contributed by atoms with E-state index in [1.807, 2.05) is 36.4 Å². The van der Waals surface area contributed by atoms with Crippen LogP contribution in [0.25, 0.3) is 61.2 Å². The summed E-state index contributed by atoms with van der Waals surface area (Å²) in [6, 6.07) is 41.8. The van der Waals surface area contributed by atoms with E-state index in [-0.39, 0.29) is 11.8 Å². The molecule has 0 saturated carbocycles. The fourth-order valence-electron chi connectivity index (χ4n) is 7.05. The molecular weight excluding hydrogens is 592 g/mol. The lowest BCUT2D eigenvalue weighted by molar-refractivity contribution is 0.360. The van der Waals surface area contributed by atoms with Crippen LogP contribution in [0.4, 0.5) is 0 Å². The monoisotopic (exact) mass is 626 g/mol. The number of para-hydroxylation sites is 5. The van der Waals surface area contributed by atoms with Crippen molar-refractivity contribution in [2.45, 2.75) is 39.5 Å². The molecule has 0 saturated heterocycles. The van der Waals surface area contributed by atoms with E-state index < -0.39 is 0 Å². The first kappa shape index (κ1) is 28.4. The summed E-state index contributed by atoms with van der Waals surface area (Å²) in [6.07, 6.45) is 0. The van der Waals surface area contributed by atoms with Gasteiger partial charge in [-0.15, -0.1) is 0 Å². The van der Waals surface area contributed by atoms with Gasteiger partial charge in [-0.2, -0.15) is 0 Å². The quantitative estimate of drug-likeness (QED) is 0.191. The molecule has 0 fully saturated rings. The minimum atomic E-state index is 0.271. The zero-order valence-electron chi connectivity index (χ0n) is 27.3. The Morgan fingerprint density at radius 2 is 1.21 bits per heavy atom. The predicted molar refractivity (Wildman–Crippen MR) is 194 cm³/mol. The van der Waals surface area contributed by atoms with Crippen molar-refractivity contribution in [3.05, 3.63) is 132 Å². The molecule has 0 atom stereocenters. The Kier molecular flexibility index (Phi) is 6.44. The molecule has 0 radical (unpaired) electrons. The highest BCUT2D eigenvalue weighted by atomic mass is 16.6. The van der Waals surface area contributed by atoms with Gasteiger partial charge >= 0.3 is 0 Å². The maximum atomic E-state index is 6.72. The first-order valence-electron chi connectivity index (χ1n) is 16.6. The van der Waals surface area contributed by atoms with Crippen molar-refractivity contribution in [1.29, 1.82) is 0 Å². The van der Waals surface area contributed by atoms with Gasteiger partial charge < -0.3 is 13.9 Å². The van der Waals surface area contributed by atoms with Crippen LogP contribution in [0, 0.1) is 0 Å². The molecular formula is C43H34N2O3. The van der Waals surface area contributed by atoms with Gasteiger partial charge in [0.25, 0.3) is 0 Å². The minimum Gasteiger partial charge on any atom is -0.455 e. The number of furan rings is 1. The van der Waals surface area contributed by atoms with Crippen LogP contribution < -0.4 is 9.47 Å². The topological polar surface area (TPSA) is 49.4 Å². The number of aromatic nitrogens is 2. The zero-order chi connectivity index (χ0) is 32.5. The van der Waals surface area contributed by atoms with Crippen molar-refractivity contribution in [1.82, 2.24) is 9.55 Å². The fraction of sp³-hybridized carbons (Fsp3) is 0.140. The van der Waals surface area contributed by atoms with Crippen LogP contribution in [0.5, 0.6) is 23.0 Å². The van der Waals surface area contributed by atoms with Crippen LogP contribution in [-0.4, -0.2) is 9.55 Å². The lowest BCUT2D eigenvalue weighted by Crippen LogP contribution is -2.09. The number of hydrogen-bond donors (Lipinski definition) is 0. The highest BCUT2D eigenvalue weighted by Gasteiger charge is 2.27. The largest absolute Gasteiger partial charge is 0.455 e. The normalized spacial score (nSPS) is 12.5. The summed E-state index contributed by atoms with van der Waals surface area (Å²) in [6.45, 7) is 9.11. The highest BCUT2D eigenvalue weighted by molar-refractivity contribution is 6.10. The van der Waals surface area contributed by atoms with Crippen LogP contribution in [0.2, 0.25) is 0 Å². The minimum absolute atomic E-state index is 0.271. The number of benzene rings is 6. The standard InChI is InChI=1S/C43H34N2O3/c1-25(2)31-21-28(27-13-6-5-7-14-27)22-32(26(3)4)41(31)45-35-18-9-8-17-34(35)44-43(45)30-16-12-15-29-33-23-39-40(24-38(33)48-42(29)30)47-37-20-11-10-19-36(37)46-39/h5-26H,1-4H3. The third-order valence-electron chi connectivity index (χ3n) is 9.40. The van der Waals surface area contributed by atoms with Gasteiger partial charge in [-0.05, 0) is 82.6 Å². The van der Waals surface area contributed by atoms with Crippen molar-refractivity contribution >= 4 is 33.0 Å². The molecule has 0 amide bonds. The van der Waals surface area contributed by atoms with E-state index in [0.29, 0.717) is 23.0 Å². The van der Waals surface area contributed by atoms with Gasteiger partial charge in [0.1, 0.15) is 17.0 Å². The number of fused-ring (bicyclic) bond motifs is 6. The molecule has 5 heteroatoms. The van der Waals surface area contributed by atoms with Crippen molar-refractivity contribution < 1.29 is 13.9 Å². The maximum absolute atomic E-state index is 6.72. The van der Waals surface area contributed by atoms with Crippen molar-refractivity contribution in [3.8, 4) is 51.2 Å². The van der Waals surface area contributed by atoms with Crippen molar-refractivity contribution in [2.24, 2.45) is 0 Å². The number of rotatable bonds is 5. The third-order valence-corrected chi connectivity index (χ3v) is 9.40. The third kappa shape index (κ3) is 4.42. The molecule has 3 heterocycles. The van der Waals surface area contributed by atoms with E-state index in [2.05, 4.69) is 117 Å². The van der Waals surface area contributed by atoms with E-state index in [1.54, 1.807) is 0 Å². The van der Waals surface area contributed by atoms with Crippen LogP contribution in [0.1, 0.15) is 50.7 Å². The SMILES string of the molecule is CC(C)c1cc(-c2ccccc2)cc(C(C)C)c1-n1c(-c2cccc3c2oc2cc4c(cc23)Oc2ccccc2O4)nc2ccccc21. The molecule has 9 rings (SSSR count). The first-order valence-corrected chi connectivity index (χ1v) is 16.6. The van der Waals surface area contributed by atoms with Crippen LogP contribution in [-0.2, 0) is 0 Å². The fourth-order valence-corrected chi connectivity index (χ4v) is 7.05. The Morgan fingerprint density at radius 1 is 0.562 bits per heavy atom. The van der Waals surface area contributed by atoms with Gasteiger partial charge in [0, 0.05) is 16.8 Å². The summed E-state index contributed by atoms with van der Waals surface area (Å²) < 4.78 is 21.6. The molecule has 8 aromatic rings. The van der Waals surface area contributed by atoms with Gasteiger partial charge in [0.05, 0.1) is 22.3 Å². The first-order chi connectivity index (χ1) is 23.4. The maximum Gasteiger partial charge on any atom is 0.173 e. The molecule has 2 aromatic heterocycles. The number of nitrogens with zero attached hydrogens (tertiary/aromatic N) is 2. The summed E-state index contributed by atoms with van der Waals surface area (Å²) in [5.41, 5.74) is 10.6. The zero-order valence-corrected chi connectivity index (χ0v) is 27.3. The summed E-state index contributed by atoms with van der Waals surface area (Å²) in [4.78, 5) is 5.32. The molecule has 1 aliphatic heterocycles. The van der Waals surface area contributed by atoms with E-state index in [9.17, 15) is 0 Å². The second-order valence-corrected chi connectivity index (χ2v) is 13.2. The molecule has 6 aromatic carbocycles. The van der Waals surface area contributed by atoms with Crippen molar-refractivity contribution in [3.63, 3.8) is 0 Å². The summed E-state index contributed by atoms with van der Waals surface area (Å²) in [5, 5.41) is 1.97. The molecule has 1 aliphatic rings. The molecule has 48 heavy (non-hydrogen) atoms. The lowest BCUT2D eigenvalue weighted by Gasteiger charge is -2.24. The van der Waals surface area contributed by atoms with Gasteiger partial charge in [0.2, 0.25) is 0 Å². The summed E-state index contributed by atoms with van der Waals surface area (Å²) in [7, 11) is 0. The van der Waals surface area contributed by atoms with Crippen LogP contribution in [0.15, 0.2) is 126 Å². The van der Waals surface area contributed by atoms with E-state index in [4.69, 9.17) is 18.9 Å². The van der Waals surface area contributed by atoms with Gasteiger partial charge in [-0.25, -0.2) is 4.98 Å². The second-order valence-electron chi connectivity index (χ2n) is 13.2. The Bertz CT molecular complexity index is 2490. The lowest BCUT2D eigenvalue weighted by atomic mass is 9.88. The highest BCUT2D eigenvalue weighted by Crippen LogP contribution is 2.49. The van der Waals surface area contributed by atoms with Gasteiger partial charge in [-0.3, -0.25) is 4.57 Å². The smallest absolute Gasteiger partial charge is 0.173 e. The number of hydrogen-bond acceptors (Lipinski definition) is 4. The Morgan fingerprint density at radius 3 is 1.92 bits per heavy atom. The van der Waals surface area contributed by atoms with Crippen LogP contribution in [0.3, 0.4) is 0 Å². The number of imidazole rings is 1. The van der Waals surface area contributed by atoms with E-state index >= 15 is 0 Å². The van der Waals surface area contributed by atoms with E-state index in [0.717, 1.165) is 44.4 Å². The Labute approximate surface area is 279 Å². The van der Waals surface area contributed by atoms with E-state index in [1.165, 1.54) is 27.9 Å². The Hall–Kier alpha value is -5.81. The predicted octanol–water partition coefficient (Wildman–Crippen LogP) is 12.4. The van der Waals surface area contributed by atoms with Gasteiger partial charge in [0.15, 0.2) is 23.0 Å². The molecule has 0 unspecified atom stereocenters. The number of ether oxygens (including phenoxy) is 2. The summed E-state index contributed by atoms with van der Waals surface area (Å²) in [5.74, 6) is 4.09. The van der Waals surface area contributed by atoms with Gasteiger partial charge in [-0.1, -0.05) is 94.4 Å². The average molecular weight is 627 g/mol. The molecule has 0 spiro atoms. The van der Waals surface area contributed by atoms with Crippen molar-refractivity contribution in [2.75, 3.05) is 0 Å². The van der Waals surface area contributed by atoms with Crippen LogP contribution >= 0.6 is 0 Å². The second kappa shape index (κ2) is 10.9. The molecule has 0 aliphatic carbocycles. The molecule has 234 valence electrons.